The Morgan fingerprint density at radius 1 is 1.14 bits per heavy atom. The number of carbonyl (C=O) groups is 1. The molecule has 0 aliphatic carbocycles. The van der Waals surface area contributed by atoms with Gasteiger partial charge >= 0.3 is 5.97 Å². The molecule has 28 heavy (non-hydrogen) atoms. The number of ether oxygens (including phenoxy) is 1. The van der Waals surface area contributed by atoms with Crippen molar-refractivity contribution in [3.05, 3.63) is 47.2 Å². The van der Waals surface area contributed by atoms with Crippen molar-refractivity contribution in [1.29, 1.82) is 0 Å². The summed E-state index contributed by atoms with van der Waals surface area (Å²) in [6.07, 6.45) is 2.99. The Kier molecular flexibility index (Phi) is 8.48. The van der Waals surface area contributed by atoms with Crippen LogP contribution in [0.15, 0.2) is 41.6 Å². The molecule has 0 saturated heterocycles. The lowest BCUT2D eigenvalue weighted by molar-refractivity contribution is -0.137. The van der Waals surface area contributed by atoms with E-state index in [-0.39, 0.29) is 16.5 Å². The average molecular weight is 421 g/mol. The molecule has 1 aromatic rings. The van der Waals surface area contributed by atoms with E-state index in [9.17, 15) is 9.90 Å². The summed E-state index contributed by atoms with van der Waals surface area (Å²) in [6, 6.07) is 10.3. The van der Waals surface area contributed by atoms with Crippen molar-refractivity contribution in [3.63, 3.8) is 0 Å². The molecule has 0 aliphatic rings. The van der Waals surface area contributed by atoms with Gasteiger partial charge in [-0.2, -0.15) is 0 Å². The van der Waals surface area contributed by atoms with E-state index in [1.165, 1.54) is 10.8 Å². The van der Waals surface area contributed by atoms with Gasteiger partial charge < -0.3 is 9.84 Å². The summed E-state index contributed by atoms with van der Waals surface area (Å²) >= 11 is 0. The summed E-state index contributed by atoms with van der Waals surface area (Å²) in [5, 5.41) is 11.3. The van der Waals surface area contributed by atoms with E-state index in [1.54, 1.807) is 0 Å². The number of benzene rings is 1. The lowest BCUT2D eigenvalue weighted by atomic mass is 10.1. The molecule has 0 aromatic heterocycles. The Bertz CT molecular complexity index is 671. The quantitative estimate of drug-likeness (QED) is 0.462. The zero-order chi connectivity index (χ0) is 21.8. The first-order valence-electron chi connectivity index (χ1n) is 10.2. The summed E-state index contributed by atoms with van der Waals surface area (Å²) in [6.45, 7) is 20.6. The van der Waals surface area contributed by atoms with Crippen molar-refractivity contribution < 1.29 is 14.6 Å². The van der Waals surface area contributed by atoms with Crippen LogP contribution in [0.5, 0.6) is 0 Å². The first-order valence-corrected chi connectivity index (χ1v) is 16.5. The van der Waals surface area contributed by atoms with Gasteiger partial charge in [0.05, 0.1) is 20.2 Å². The summed E-state index contributed by atoms with van der Waals surface area (Å²) in [7, 11) is -3.76. The second-order valence-electron chi connectivity index (χ2n) is 10.5. The maximum absolute atomic E-state index is 11.9. The smallest absolute Gasteiger partial charge is 0.304 e. The molecule has 5 heteroatoms. The Hall–Kier alpha value is -1.18. The molecule has 0 amide bonds. The van der Waals surface area contributed by atoms with Crippen LogP contribution < -0.4 is 0 Å². The van der Waals surface area contributed by atoms with Crippen LogP contribution in [0, 0.1) is 5.92 Å². The number of hydrogen-bond acceptors (Lipinski definition) is 2. The lowest BCUT2D eigenvalue weighted by Gasteiger charge is -2.41. The molecule has 1 aromatic carbocycles. The normalized spacial score (nSPS) is 17.7. The highest BCUT2D eigenvalue weighted by Gasteiger charge is 2.43. The Labute approximate surface area is 174 Å². The second-order valence-corrected chi connectivity index (χ2v) is 21.0. The number of carboxylic acids is 1. The number of hydrogen-bond donors (Lipinski definition) is 1. The number of rotatable bonds is 9. The van der Waals surface area contributed by atoms with Gasteiger partial charge in [0, 0.05) is 6.23 Å². The third-order valence-electron chi connectivity index (χ3n) is 6.27. The van der Waals surface area contributed by atoms with Crippen LogP contribution in [-0.2, 0) is 16.1 Å². The minimum absolute atomic E-state index is 0.0347. The molecule has 3 atom stereocenters. The summed E-state index contributed by atoms with van der Waals surface area (Å²) < 4.78 is 6.20. The Balaban J connectivity index is 3.07. The summed E-state index contributed by atoms with van der Waals surface area (Å²) in [5.41, 5.74) is 0.915. The molecule has 0 spiro atoms. The molecule has 3 nitrogen and oxygen atoms in total. The van der Waals surface area contributed by atoms with Crippen LogP contribution >= 0.6 is 0 Å². The van der Waals surface area contributed by atoms with Gasteiger partial charge in [-0.25, -0.2) is 0 Å². The molecular weight excluding hydrogens is 380 g/mol. The van der Waals surface area contributed by atoms with E-state index in [0.717, 1.165) is 6.23 Å². The SMILES string of the molecule is C/C(=C\[C@@H](C)[C@H](C(=O)O)[Si](C)(C)C)[Si@](C)(COCc1ccccc1)C(C)(C)C. The van der Waals surface area contributed by atoms with Crippen molar-refractivity contribution in [3.8, 4) is 0 Å². The maximum Gasteiger partial charge on any atom is 0.304 e. The Morgan fingerprint density at radius 2 is 1.68 bits per heavy atom. The lowest BCUT2D eigenvalue weighted by Crippen LogP contribution is -2.48. The van der Waals surface area contributed by atoms with Crippen LogP contribution in [0.1, 0.15) is 40.2 Å². The molecule has 0 radical (unpaired) electrons. The zero-order valence-corrected chi connectivity index (χ0v) is 21.3. The number of carboxylic acid groups (broad SMARTS) is 1. The highest BCUT2D eigenvalue weighted by atomic mass is 28.3. The second kappa shape index (κ2) is 9.55. The van der Waals surface area contributed by atoms with E-state index in [2.05, 4.69) is 79.0 Å². The predicted molar refractivity (Wildman–Crippen MR) is 125 cm³/mol. The monoisotopic (exact) mass is 420 g/mol. The van der Waals surface area contributed by atoms with Crippen LogP contribution in [0.2, 0.25) is 36.8 Å². The molecule has 0 heterocycles. The molecule has 0 unspecified atom stereocenters. The minimum atomic E-state index is -1.95. The largest absolute Gasteiger partial charge is 0.481 e. The van der Waals surface area contributed by atoms with Crippen molar-refractivity contribution in [1.82, 2.24) is 0 Å². The fourth-order valence-corrected chi connectivity index (χ4v) is 9.33. The van der Waals surface area contributed by atoms with Crippen molar-refractivity contribution in [2.75, 3.05) is 6.23 Å². The number of aliphatic carboxylic acids is 1. The van der Waals surface area contributed by atoms with Crippen LogP contribution in [-0.4, -0.2) is 33.5 Å². The molecular formula is C23H40O3Si2. The van der Waals surface area contributed by atoms with Gasteiger partial charge in [0.15, 0.2) is 0 Å². The van der Waals surface area contributed by atoms with Crippen LogP contribution in [0.25, 0.3) is 0 Å². The summed E-state index contributed by atoms with van der Waals surface area (Å²) in [5.74, 6) is -0.623. The standard InChI is InChI=1S/C23H40O3Si2/c1-18(21(22(24)25)27(6,7)8)15-19(2)28(9,23(3,4)5)17-26-16-20-13-11-10-12-14-20/h10-15,18,21H,16-17H2,1-9H3,(H,24,25)/b19-15+/t18-,21-,28+/m1/s1. The molecule has 0 aliphatic heterocycles. The average Bonchev–Trinajstić information content (AvgIpc) is 2.52. The van der Waals surface area contributed by atoms with E-state index in [4.69, 9.17) is 4.74 Å². The van der Waals surface area contributed by atoms with Gasteiger partial charge in [0.1, 0.15) is 8.07 Å². The molecule has 1 N–H and O–H groups in total. The fourth-order valence-electron chi connectivity index (χ4n) is 3.93. The van der Waals surface area contributed by atoms with Gasteiger partial charge in [-0.05, 0) is 23.4 Å². The van der Waals surface area contributed by atoms with E-state index in [0.29, 0.717) is 6.61 Å². The fraction of sp³-hybridized carbons (Fsp3) is 0.609. The van der Waals surface area contributed by atoms with Crippen LogP contribution in [0.4, 0.5) is 0 Å². The molecule has 1 rings (SSSR count). The van der Waals surface area contributed by atoms with Crippen LogP contribution in [0.3, 0.4) is 0 Å². The molecule has 0 bridgehead atoms. The summed E-state index contributed by atoms with van der Waals surface area (Å²) in [4.78, 5) is 11.9. The zero-order valence-electron chi connectivity index (χ0n) is 19.3. The maximum atomic E-state index is 11.9. The van der Waals surface area contributed by atoms with E-state index in [1.807, 2.05) is 18.2 Å². The highest BCUT2D eigenvalue weighted by molar-refractivity contribution is 6.87. The van der Waals surface area contributed by atoms with Gasteiger partial charge in [-0.1, -0.05) is 95.5 Å². The number of allylic oxidation sites excluding steroid dienone is 2. The first kappa shape index (κ1) is 24.9. The highest BCUT2D eigenvalue weighted by Crippen LogP contribution is 2.42. The molecule has 0 fully saturated rings. The first-order chi connectivity index (χ1) is 12.7. The van der Waals surface area contributed by atoms with Gasteiger partial charge in [-0.3, -0.25) is 4.79 Å². The van der Waals surface area contributed by atoms with Crippen molar-refractivity contribution in [2.45, 2.75) is 78.0 Å². The van der Waals surface area contributed by atoms with Crippen molar-refractivity contribution in [2.24, 2.45) is 5.92 Å². The molecule has 0 saturated carbocycles. The van der Waals surface area contributed by atoms with Gasteiger partial charge in [0.25, 0.3) is 0 Å². The third kappa shape index (κ3) is 6.43. The third-order valence-corrected chi connectivity index (χ3v) is 14.9. The van der Waals surface area contributed by atoms with Gasteiger partial charge in [0.2, 0.25) is 0 Å². The topological polar surface area (TPSA) is 46.5 Å². The predicted octanol–water partition coefficient (Wildman–Crippen LogP) is 6.54. The van der Waals surface area contributed by atoms with Crippen molar-refractivity contribution >= 4 is 22.1 Å². The van der Waals surface area contributed by atoms with E-state index < -0.39 is 22.1 Å². The van der Waals surface area contributed by atoms with Gasteiger partial charge in [-0.15, -0.1) is 0 Å². The minimum Gasteiger partial charge on any atom is -0.481 e. The van der Waals surface area contributed by atoms with E-state index >= 15 is 0 Å². The molecule has 158 valence electrons. The Morgan fingerprint density at radius 3 is 2.11 bits per heavy atom.